The minimum atomic E-state index is -0.894. The number of hydrogen-bond acceptors (Lipinski definition) is 2. The van der Waals surface area contributed by atoms with Gasteiger partial charge < -0.3 is 10.2 Å². The van der Waals surface area contributed by atoms with E-state index in [1.54, 1.807) is 0 Å². The average molecular weight is 160 g/mol. The summed E-state index contributed by atoms with van der Waals surface area (Å²) in [5, 5.41) is 19.4. The zero-order chi connectivity index (χ0) is 9.07. The highest BCUT2D eigenvalue weighted by atomic mass is 16.3. The minimum absolute atomic E-state index is 0.113. The molecule has 0 rings (SSSR count). The molecule has 0 radical (unpaired) electrons. The van der Waals surface area contributed by atoms with Crippen molar-refractivity contribution < 1.29 is 10.2 Å². The van der Waals surface area contributed by atoms with Crippen molar-refractivity contribution in [3.63, 3.8) is 0 Å². The van der Waals surface area contributed by atoms with Crippen LogP contribution in [0.2, 0.25) is 0 Å². The van der Waals surface area contributed by atoms with Gasteiger partial charge in [-0.3, -0.25) is 0 Å². The van der Waals surface area contributed by atoms with Crippen LogP contribution in [0.1, 0.15) is 40.5 Å². The molecular formula is C9H20O2. The average Bonchev–Trinajstić information content (AvgIpc) is 2.01. The normalized spacial score (nSPS) is 19.9. The lowest BCUT2D eigenvalue weighted by Crippen LogP contribution is -2.46. The summed E-state index contributed by atoms with van der Waals surface area (Å²) < 4.78 is 0. The van der Waals surface area contributed by atoms with Gasteiger partial charge in [0, 0.05) is 0 Å². The molecule has 2 nitrogen and oxygen atoms in total. The lowest BCUT2D eigenvalue weighted by Gasteiger charge is -2.35. The van der Waals surface area contributed by atoms with Gasteiger partial charge in [0.1, 0.15) is 0 Å². The van der Waals surface area contributed by atoms with Crippen molar-refractivity contribution in [2.75, 3.05) is 0 Å². The summed E-state index contributed by atoms with van der Waals surface area (Å²) >= 11 is 0. The van der Waals surface area contributed by atoms with E-state index in [-0.39, 0.29) is 5.92 Å². The Hall–Kier alpha value is -0.0800. The summed E-state index contributed by atoms with van der Waals surface area (Å²) in [4.78, 5) is 0. The van der Waals surface area contributed by atoms with Gasteiger partial charge in [0.15, 0.2) is 0 Å². The molecule has 2 heteroatoms. The van der Waals surface area contributed by atoms with Gasteiger partial charge in [-0.2, -0.15) is 0 Å². The first-order valence-electron chi connectivity index (χ1n) is 4.39. The molecule has 0 fully saturated rings. The summed E-state index contributed by atoms with van der Waals surface area (Å²) in [6, 6.07) is 0. The van der Waals surface area contributed by atoms with Crippen molar-refractivity contribution in [1.82, 2.24) is 0 Å². The third kappa shape index (κ3) is 2.17. The van der Waals surface area contributed by atoms with E-state index in [0.717, 1.165) is 0 Å². The molecule has 0 saturated carbocycles. The van der Waals surface area contributed by atoms with E-state index in [4.69, 9.17) is 0 Å². The van der Waals surface area contributed by atoms with Gasteiger partial charge in [-0.25, -0.2) is 0 Å². The Bertz CT molecular complexity index is 112. The Morgan fingerprint density at radius 2 is 1.73 bits per heavy atom. The third-order valence-electron chi connectivity index (χ3n) is 2.53. The second-order valence-electron chi connectivity index (χ2n) is 3.42. The first-order valence-corrected chi connectivity index (χ1v) is 4.39. The molecule has 0 amide bonds. The molecule has 0 bridgehead atoms. The van der Waals surface area contributed by atoms with Crippen LogP contribution < -0.4 is 0 Å². The topological polar surface area (TPSA) is 40.5 Å². The van der Waals surface area contributed by atoms with E-state index < -0.39 is 11.7 Å². The zero-order valence-corrected chi connectivity index (χ0v) is 7.96. The van der Waals surface area contributed by atoms with Gasteiger partial charge in [-0.05, 0) is 18.8 Å². The van der Waals surface area contributed by atoms with Gasteiger partial charge >= 0.3 is 0 Å². The van der Waals surface area contributed by atoms with Crippen LogP contribution in [0.25, 0.3) is 0 Å². The third-order valence-corrected chi connectivity index (χ3v) is 2.53. The molecule has 0 heterocycles. The maximum Gasteiger partial charge on any atom is 0.0925 e. The summed E-state index contributed by atoms with van der Waals surface area (Å²) in [5.41, 5.74) is -0.894. The lowest BCUT2D eigenvalue weighted by atomic mass is 9.82. The SMILES string of the molecule is CC[C@@H](O)[C@@](O)(CC)C(C)C. The molecule has 68 valence electrons. The highest BCUT2D eigenvalue weighted by Gasteiger charge is 2.35. The van der Waals surface area contributed by atoms with Crippen LogP contribution in [0, 0.1) is 5.92 Å². The first kappa shape index (κ1) is 10.9. The van der Waals surface area contributed by atoms with E-state index in [2.05, 4.69) is 0 Å². The molecule has 0 aliphatic carbocycles. The number of rotatable bonds is 4. The molecule has 0 aliphatic rings. The van der Waals surface area contributed by atoms with Crippen molar-refractivity contribution in [3.05, 3.63) is 0 Å². The molecule has 2 atom stereocenters. The van der Waals surface area contributed by atoms with Gasteiger partial charge in [-0.15, -0.1) is 0 Å². The van der Waals surface area contributed by atoms with Crippen LogP contribution in [0.15, 0.2) is 0 Å². The Balaban J connectivity index is 4.32. The molecule has 0 aromatic heterocycles. The van der Waals surface area contributed by atoms with Crippen LogP contribution in [-0.2, 0) is 0 Å². The fourth-order valence-electron chi connectivity index (χ4n) is 1.38. The van der Waals surface area contributed by atoms with Crippen LogP contribution in [0.5, 0.6) is 0 Å². The van der Waals surface area contributed by atoms with Gasteiger partial charge in [0.05, 0.1) is 11.7 Å². The molecule has 2 N–H and O–H groups in total. The highest BCUT2D eigenvalue weighted by Crippen LogP contribution is 2.26. The molecule has 0 aromatic rings. The highest BCUT2D eigenvalue weighted by molar-refractivity contribution is 4.87. The monoisotopic (exact) mass is 160 g/mol. The Labute approximate surface area is 69.2 Å². The molecule has 11 heavy (non-hydrogen) atoms. The van der Waals surface area contributed by atoms with Crippen molar-refractivity contribution in [2.24, 2.45) is 5.92 Å². The van der Waals surface area contributed by atoms with Crippen molar-refractivity contribution in [2.45, 2.75) is 52.2 Å². The van der Waals surface area contributed by atoms with Gasteiger partial charge in [-0.1, -0.05) is 27.7 Å². The Kier molecular flexibility index (Phi) is 4.04. The molecular weight excluding hydrogens is 140 g/mol. The molecule has 0 saturated heterocycles. The minimum Gasteiger partial charge on any atom is -0.390 e. The molecule has 0 aromatic carbocycles. The van der Waals surface area contributed by atoms with Crippen LogP contribution in [0.3, 0.4) is 0 Å². The van der Waals surface area contributed by atoms with E-state index in [0.29, 0.717) is 12.8 Å². The predicted molar refractivity (Wildman–Crippen MR) is 46.4 cm³/mol. The van der Waals surface area contributed by atoms with Gasteiger partial charge in [0.2, 0.25) is 0 Å². The summed E-state index contributed by atoms with van der Waals surface area (Å²) in [6.07, 6.45) is 0.634. The largest absolute Gasteiger partial charge is 0.390 e. The molecule has 0 unspecified atom stereocenters. The van der Waals surface area contributed by atoms with Crippen LogP contribution >= 0.6 is 0 Å². The standard InChI is InChI=1S/C9H20O2/c1-5-8(10)9(11,6-2)7(3)4/h7-8,10-11H,5-6H2,1-4H3/t8-,9-/m1/s1. The summed E-state index contributed by atoms with van der Waals surface area (Å²) in [6.45, 7) is 7.65. The van der Waals surface area contributed by atoms with Crippen molar-refractivity contribution in [3.8, 4) is 0 Å². The summed E-state index contributed by atoms with van der Waals surface area (Å²) in [7, 11) is 0. The van der Waals surface area contributed by atoms with E-state index in [9.17, 15) is 10.2 Å². The maximum absolute atomic E-state index is 9.92. The quantitative estimate of drug-likeness (QED) is 0.655. The van der Waals surface area contributed by atoms with E-state index in [1.807, 2.05) is 27.7 Å². The molecule has 0 aliphatic heterocycles. The Morgan fingerprint density at radius 3 is 1.82 bits per heavy atom. The van der Waals surface area contributed by atoms with E-state index in [1.165, 1.54) is 0 Å². The smallest absolute Gasteiger partial charge is 0.0925 e. The maximum atomic E-state index is 9.92. The first-order chi connectivity index (χ1) is 4.99. The number of hydrogen-bond donors (Lipinski definition) is 2. The number of aliphatic hydroxyl groups excluding tert-OH is 1. The fourth-order valence-corrected chi connectivity index (χ4v) is 1.38. The van der Waals surface area contributed by atoms with Crippen LogP contribution in [-0.4, -0.2) is 21.9 Å². The Morgan fingerprint density at radius 1 is 1.27 bits per heavy atom. The summed E-state index contributed by atoms with van der Waals surface area (Å²) in [5.74, 6) is 0.113. The molecule has 0 spiro atoms. The van der Waals surface area contributed by atoms with Crippen molar-refractivity contribution >= 4 is 0 Å². The van der Waals surface area contributed by atoms with Crippen molar-refractivity contribution in [1.29, 1.82) is 0 Å². The van der Waals surface area contributed by atoms with Gasteiger partial charge in [0.25, 0.3) is 0 Å². The predicted octanol–water partition coefficient (Wildman–Crippen LogP) is 1.55. The fraction of sp³-hybridized carbons (Fsp3) is 1.00. The van der Waals surface area contributed by atoms with Crippen LogP contribution in [0.4, 0.5) is 0 Å². The second-order valence-corrected chi connectivity index (χ2v) is 3.42. The second kappa shape index (κ2) is 4.07. The number of aliphatic hydroxyl groups is 2. The lowest BCUT2D eigenvalue weighted by molar-refractivity contribution is -0.108. The van der Waals surface area contributed by atoms with E-state index >= 15 is 0 Å². The zero-order valence-electron chi connectivity index (χ0n) is 7.96.